The Morgan fingerprint density at radius 2 is 1.31 bits per heavy atom. The first kappa shape index (κ1) is 19.1. The molecule has 0 atom stereocenters. The second-order valence-corrected chi connectivity index (χ2v) is 4.78. The topological polar surface area (TPSA) is 110 Å². The highest BCUT2D eigenvalue weighted by atomic mass is 16.6. The molecule has 0 spiro atoms. The molecule has 0 aliphatic heterocycles. The second kappa shape index (κ2) is 9.92. The van der Waals surface area contributed by atoms with Gasteiger partial charge in [-0.1, -0.05) is 30.3 Å². The molecular weight excluding hydrogens is 342 g/mol. The number of benzene rings is 1. The third kappa shape index (κ3) is 6.00. The van der Waals surface area contributed by atoms with Crippen molar-refractivity contribution >= 4 is 11.9 Å². The fourth-order valence-corrected chi connectivity index (χ4v) is 1.84. The maximum atomic E-state index is 11.4. The monoisotopic (exact) mass is 361 g/mol. The van der Waals surface area contributed by atoms with Gasteiger partial charge in [-0.15, -0.1) is 4.98 Å². The van der Waals surface area contributed by atoms with Crippen LogP contribution in [0.5, 0.6) is 12.0 Å². The summed E-state index contributed by atoms with van der Waals surface area (Å²) in [5.41, 5.74) is 0.692. The lowest BCUT2D eigenvalue weighted by molar-refractivity contribution is -0.146. The molecule has 0 aliphatic carbocycles. The molecule has 26 heavy (non-hydrogen) atoms. The van der Waals surface area contributed by atoms with E-state index < -0.39 is 11.9 Å². The van der Waals surface area contributed by atoms with Crippen molar-refractivity contribution in [1.29, 1.82) is 0 Å². The number of carbonyl (C=O) groups excluding carboxylic acids is 2. The Balaban J connectivity index is 2.18. The standard InChI is InChI=1S/C17H19N3O6/c1-3-23-13(21)10-25-16-18-15(12-8-6-5-7-9-12)19-17(20-16)26-11-14(22)24-4-2/h5-9H,3-4,10-11H2,1-2H3. The molecule has 0 fully saturated rings. The molecule has 138 valence electrons. The molecule has 0 amide bonds. The number of nitrogens with zero attached hydrogens (tertiary/aromatic N) is 3. The van der Waals surface area contributed by atoms with Gasteiger partial charge in [0.05, 0.1) is 13.2 Å². The summed E-state index contributed by atoms with van der Waals surface area (Å²) in [7, 11) is 0. The summed E-state index contributed by atoms with van der Waals surface area (Å²) in [4.78, 5) is 35.1. The Kier molecular flexibility index (Phi) is 7.29. The van der Waals surface area contributed by atoms with Crippen molar-refractivity contribution in [3.63, 3.8) is 0 Å². The van der Waals surface area contributed by atoms with Gasteiger partial charge in [0.2, 0.25) is 0 Å². The lowest BCUT2D eigenvalue weighted by atomic mass is 10.2. The molecule has 0 unspecified atom stereocenters. The SMILES string of the molecule is CCOC(=O)COc1nc(OCC(=O)OCC)nc(-c2ccccc2)n1. The second-order valence-electron chi connectivity index (χ2n) is 4.78. The predicted molar refractivity (Wildman–Crippen MR) is 89.5 cm³/mol. The van der Waals surface area contributed by atoms with Crippen LogP contribution in [0.25, 0.3) is 11.4 Å². The lowest BCUT2D eigenvalue weighted by Gasteiger charge is -2.09. The molecule has 1 heterocycles. The third-order valence-electron chi connectivity index (χ3n) is 2.88. The number of ether oxygens (including phenoxy) is 4. The quantitative estimate of drug-likeness (QED) is 0.612. The van der Waals surface area contributed by atoms with Crippen molar-refractivity contribution < 1.29 is 28.5 Å². The highest BCUT2D eigenvalue weighted by molar-refractivity contribution is 5.71. The Labute approximate surface area is 150 Å². The van der Waals surface area contributed by atoms with Crippen molar-refractivity contribution in [3.8, 4) is 23.4 Å². The summed E-state index contributed by atoms with van der Waals surface area (Å²) in [6.45, 7) is 3.14. The van der Waals surface area contributed by atoms with Crippen LogP contribution in [0.2, 0.25) is 0 Å². The maximum absolute atomic E-state index is 11.4. The van der Waals surface area contributed by atoms with E-state index in [2.05, 4.69) is 15.0 Å². The van der Waals surface area contributed by atoms with Gasteiger partial charge in [0.25, 0.3) is 0 Å². The molecule has 2 aromatic rings. The van der Waals surface area contributed by atoms with Gasteiger partial charge in [-0.3, -0.25) is 0 Å². The highest BCUT2D eigenvalue weighted by Crippen LogP contribution is 2.19. The zero-order valence-corrected chi connectivity index (χ0v) is 14.5. The van der Waals surface area contributed by atoms with Gasteiger partial charge in [0, 0.05) is 5.56 Å². The lowest BCUT2D eigenvalue weighted by Crippen LogP contribution is -2.18. The Hall–Kier alpha value is -3.23. The van der Waals surface area contributed by atoms with E-state index in [0.717, 1.165) is 0 Å². The summed E-state index contributed by atoms with van der Waals surface area (Å²) in [6, 6.07) is 8.83. The first-order chi connectivity index (χ1) is 12.6. The van der Waals surface area contributed by atoms with Gasteiger partial charge in [0.15, 0.2) is 19.0 Å². The number of rotatable bonds is 9. The number of aromatic nitrogens is 3. The van der Waals surface area contributed by atoms with E-state index in [1.165, 1.54) is 0 Å². The van der Waals surface area contributed by atoms with E-state index in [0.29, 0.717) is 5.56 Å². The van der Waals surface area contributed by atoms with Gasteiger partial charge in [-0.05, 0) is 13.8 Å². The van der Waals surface area contributed by atoms with Crippen molar-refractivity contribution in [1.82, 2.24) is 15.0 Å². The molecule has 9 nitrogen and oxygen atoms in total. The van der Waals surface area contributed by atoms with Crippen molar-refractivity contribution in [2.75, 3.05) is 26.4 Å². The number of hydrogen-bond acceptors (Lipinski definition) is 9. The molecule has 0 saturated heterocycles. The number of hydrogen-bond donors (Lipinski definition) is 0. The predicted octanol–water partition coefficient (Wildman–Crippen LogP) is 1.42. The van der Waals surface area contributed by atoms with E-state index >= 15 is 0 Å². The van der Waals surface area contributed by atoms with Gasteiger partial charge in [-0.25, -0.2) is 9.59 Å². The van der Waals surface area contributed by atoms with Gasteiger partial charge < -0.3 is 18.9 Å². The van der Waals surface area contributed by atoms with Gasteiger partial charge in [-0.2, -0.15) is 9.97 Å². The number of esters is 2. The molecule has 9 heteroatoms. The molecule has 0 N–H and O–H groups in total. The van der Waals surface area contributed by atoms with Crippen molar-refractivity contribution in [2.45, 2.75) is 13.8 Å². The first-order valence-corrected chi connectivity index (χ1v) is 8.00. The minimum absolute atomic E-state index is 0.120. The zero-order valence-electron chi connectivity index (χ0n) is 14.5. The highest BCUT2D eigenvalue weighted by Gasteiger charge is 2.14. The average Bonchev–Trinajstić information content (AvgIpc) is 2.66. The summed E-state index contributed by atoms with van der Waals surface area (Å²) in [5.74, 6) is -0.829. The van der Waals surface area contributed by atoms with Crippen molar-refractivity contribution in [3.05, 3.63) is 30.3 Å². The van der Waals surface area contributed by atoms with Crippen LogP contribution in [0.4, 0.5) is 0 Å². The fraction of sp³-hybridized carbons (Fsp3) is 0.353. The third-order valence-corrected chi connectivity index (χ3v) is 2.88. The Bertz CT molecular complexity index is 698. The van der Waals surface area contributed by atoms with Crippen LogP contribution in [0.1, 0.15) is 13.8 Å². The minimum Gasteiger partial charge on any atom is -0.463 e. The molecule has 2 rings (SSSR count). The van der Waals surface area contributed by atoms with Crippen LogP contribution in [0.3, 0.4) is 0 Å². The Morgan fingerprint density at radius 3 is 1.77 bits per heavy atom. The molecule has 0 radical (unpaired) electrons. The average molecular weight is 361 g/mol. The fourth-order valence-electron chi connectivity index (χ4n) is 1.84. The van der Waals surface area contributed by atoms with Crippen LogP contribution in [-0.2, 0) is 19.1 Å². The first-order valence-electron chi connectivity index (χ1n) is 8.00. The summed E-state index contributed by atoms with van der Waals surface area (Å²) >= 11 is 0. The minimum atomic E-state index is -0.553. The van der Waals surface area contributed by atoms with E-state index in [4.69, 9.17) is 18.9 Å². The van der Waals surface area contributed by atoms with Gasteiger partial charge >= 0.3 is 24.0 Å². The van der Waals surface area contributed by atoms with Crippen LogP contribution in [0.15, 0.2) is 30.3 Å². The van der Waals surface area contributed by atoms with Crippen LogP contribution in [-0.4, -0.2) is 53.3 Å². The summed E-state index contributed by atoms with van der Waals surface area (Å²) < 4.78 is 20.1. The van der Waals surface area contributed by atoms with Crippen LogP contribution in [0, 0.1) is 0 Å². The van der Waals surface area contributed by atoms with Gasteiger partial charge in [0.1, 0.15) is 0 Å². The molecule has 1 aromatic heterocycles. The summed E-state index contributed by atoms with van der Waals surface area (Å²) in [5, 5.41) is 0. The van der Waals surface area contributed by atoms with E-state index in [-0.39, 0.29) is 44.3 Å². The molecular formula is C17H19N3O6. The van der Waals surface area contributed by atoms with E-state index in [1.54, 1.807) is 26.0 Å². The molecule has 0 aliphatic rings. The van der Waals surface area contributed by atoms with Crippen LogP contribution >= 0.6 is 0 Å². The van der Waals surface area contributed by atoms with Crippen LogP contribution < -0.4 is 9.47 Å². The summed E-state index contributed by atoms with van der Waals surface area (Å²) in [6.07, 6.45) is 0. The Morgan fingerprint density at radius 1 is 0.808 bits per heavy atom. The number of carbonyl (C=O) groups is 2. The molecule has 1 aromatic carbocycles. The van der Waals surface area contributed by atoms with E-state index in [9.17, 15) is 9.59 Å². The normalized spacial score (nSPS) is 10.1. The van der Waals surface area contributed by atoms with E-state index in [1.807, 2.05) is 18.2 Å². The zero-order chi connectivity index (χ0) is 18.8. The maximum Gasteiger partial charge on any atom is 0.344 e. The molecule has 0 saturated carbocycles. The largest absolute Gasteiger partial charge is 0.463 e. The van der Waals surface area contributed by atoms with Crippen molar-refractivity contribution in [2.24, 2.45) is 0 Å². The smallest absolute Gasteiger partial charge is 0.344 e. The molecule has 0 bridgehead atoms.